The Bertz CT molecular complexity index is 1660. The number of halogens is 2. The Morgan fingerprint density at radius 2 is 1.89 bits per heavy atom. The molecule has 1 atom stereocenters. The smallest absolute Gasteiger partial charge is 0.419 e. The normalized spacial score (nSPS) is 19.0. The van der Waals surface area contributed by atoms with Gasteiger partial charge in [-0.1, -0.05) is 6.07 Å². The number of hydrogen-bond acceptors (Lipinski definition) is 8. The number of ether oxygens (including phenoxy) is 3. The van der Waals surface area contributed by atoms with Crippen LogP contribution < -0.4 is 10.1 Å². The van der Waals surface area contributed by atoms with Crippen molar-refractivity contribution in [3.8, 4) is 11.8 Å². The molecule has 2 heterocycles. The van der Waals surface area contributed by atoms with E-state index in [1.807, 2.05) is 45.9 Å². The molecule has 1 aliphatic heterocycles. The topological polar surface area (TPSA) is 106 Å². The van der Waals surface area contributed by atoms with Gasteiger partial charge >= 0.3 is 12.1 Å². The third-order valence-corrected chi connectivity index (χ3v) is 8.86. The van der Waals surface area contributed by atoms with Gasteiger partial charge in [0, 0.05) is 48.3 Å². The second kappa shape index (κ2) is 12.0. The molecule has 1 unspecified atom stereocenters. The fourth-order valence-corrected chi connectivity index (χ4v) is 6.99. The van der Waals surface area contributed by atoms with Crippen molar-refractivity contribution in [2.75, 3.05) is 32.6 Å². The molecule has 11 heteroatoms. The van der Waals surface area contributed by atoms with Crippen LogP contribution in [0, 0.1) is 23.7 Å². The number of nitriles is 1. The third-order valence-electron chi connectivity index (χ3n) is 8.86. The summed E-state index contributed by atoms with van der Waals surface area (Å²) in [6, 6.07) is 10.7. The Kier molecular flexibility index (Phi) is 8.57. The highest BCUT2D eigenvalue weighted by molar-refractivity contribution is 5.95. The minimum absolute atomic E-state index is 0.00184. The number of alkyl halides is 2. The Hall–Kier alpha value is -4.17. The summed E-state index contributed by atoms with van der Waals surface area (Å²) in [6.07, 6.45) is 1.97. The van der Waals surface area contributed by atoms with Gasteiger partial charge in [-0.3, -0.25) is 9.47 Å². The standard InChI is InChI=1S/C34H40F2N4O5/c1-21-15-28(43-5)25(23-9-13-40(29(21)23)31(42)45-32(2,3)4)18-39-14-10-33(19-34(35,36)20-33)17-27(39)24-8-7-22(30(41)44-6)16-26(24)38-12-11-37/h7-9,13,15-16,27,38H,10,12,14,17-20H2,1-6H3. The molecule has 0 amide bonds. The van der Waals surface area contributed by atoms with Gasteiger partial charge in [0.1, 0.15) is 17.9 Å². The van der Waals surface area contributed by atoms with Crippen LogP contribution >= 0.6 is 0 Å². The summed E-state index contributed by atoms with van der Waals surface area (Å²) in [4.78, 5) is 27.7. The zero-order valence-electron chi connectivity index (χ0n) is 26.6. The van der Waals surface area contributed by atoms with E-state index in [9.17, 15) is 23.6 Å². The first-order valence-electron chi connectivity index (χ1n) is 15.1. The number of nitrogens with zero attached hydrogens (tertiary/aromatic N) is 3. The summed E-state index contributed by atoms with van der Waals surface area (Å²) in [7, 11) is 2.90. The number of hydrogen-bond donors (Lipinski definition) is 1. The molecule has 0 bridgehead atoms. The van der Waals surface area contributed by atoms with Gasteiger partial charge in [-0.2, -0.15) is 5.26 Å². The average Bonchev–Trinajstić information content (AvgIpc) is 3.42. The molecule has 240 valence electrons. The summed E-state index contributed by atoms with van der Waals surface area (Å²) in [5.41, 5.74) is 2.93. The number of rotatable bonds is 7. The molecule has 2 fully saturated rings. The van der Waals surface area contributed by atoms with E-state index in [0.717, 1.165) is 22.1 Å². The van der Waals surface area contributed by atoms with Crippen LogP contribution in [0.2, 0.25) is 0 Å². The molecule has 3 aromatic rings. The molecule has 9 nitrogen and oxygen atoms in total. The molecule has 1 saturated heterocycles. The van der Waals surface area contributed by atoms with E-state index in [0.29, 0.717) is 48.4 Å². The van der Waals surface area contributed by atoms with Crippen LogP contribution in [0.4, 0.5) is 19.3 Å². The lowest BCUT2D eigenvalue weighted by molar-refractivity contribution is -0.186. The number of aromatic nitrogens is 1. The lowest BCUT2D eigenvalue weighted by atomic mass is 9.58. The van der Waals surface area contributed by atoms with E-state index in [4.69, 9.17) is 14.2 Å². The SMILES string of the molecule is COC(=O)c1ccc(C2CC3(CCN2Cc2c(OC)cc(C)c4c2ccn4C(=O)OC(C)(C)C)CC(F)(F)C3)c(NCC#N)c1. The Morgan fingerprint density at radius 3 is 2.51 bits per heavy atom. The number of nitrogens with one attached hydrogen (secondary N) is 1. The van der Waals surface area contributed by atoms with Gasteiger partial charge in [-0.05, 0) is 87.9 Å². The quantitative estimate of drug-likeness (QED) is 0.218. The molecule has 45 heavy (non-hydrogen) atoms. The third kappa shape index (κ3) is 6.47. The maximum atomic E-state index is 14.3. The molecule has 1 N–H and O–H groups in total. The van der Waals surface area contributed by atoms with Crippen LogP contribution in [0.25, 0.3) is 10.9 Å². The van der Waals surface area contributed by atoms with Gasteiger partial charge in [0.05, 0.1) is 31.4 Å². The Labute approximate surface area is 262 Å². The van der Waals surface area contributed by atoms with Gasteiger partial charge in [0.25, 0.3) is 0 Å². The molecular formula is C34H40F2N4O5. The van der Waals surface area contributed by atoms with Crippen LogP contribution in [0.5, 0.6) is 5.75 Å². The minimum atomic E-state index is -2.68. The predicted octanol–water partition coefficient (Wildman–Crippen LogP) is 7.22. The number of aryl methyl sites for hydroxylation is 1. The molecular weight excluding hydrogens is 582 g/mol. The second-order valence-corrected chi connectivity index (χ2v) is 13.3. The van der Waals surface area contributed by atoms with E-state index in [1.165, 1.54) is 11.7 Å². The van der Waals surface area contributed by atoms with Crippen LogP contribution in [0.1, 0.15) is 79.5 Å². The summed E-state index contributed by atoms with van der Waals surface area (Å²) >= 11 is 0. The second-order valence-electron chi connectivity index (χ2n) is 13.3. The number of benzene rings is 2. The summed E-state index contributed by atoms with van der Waals surface area (Å²) in [6.45, 7) is 8.31. The van der Waals surface area contributed by atoms with Crippen LogP contribution in [0.3, 0.4) is 0 Å². The van der Waals surface area contributed by atoms with Crippen molar-refractivity contribution in [1.29, 1.82) is 5.26 Å². The first kappa shape index (κ1) is 32.2. The first-order chi connectivity index (χ1) is 21.2. The Morgan fingerprint density at radius 1 is 1.16 bits per heavy atom. The predicted molar refractivity (Wildman–Crippen MR) is 166 cm³/mol. The molecule has 2 aliphatic rings. The molecule has 0 radical (unpaired) electrons. The van der Waals surface area contributed by atoms with E-state index in [1.54, 1.807) is 25.4 Å². The zero-order valence-corrected chi connectivity index (χ0v) is 26.6. The zero-order chi connectivity index (χ0) is 32.7. The average molecular weight is 623 g/mol. The number of carbonyl (C=O) groups is 2. The molecule has 1 aliphatic carbocycles. The van der Waals surface area contributed by atoms with Crippen molar-refractivity contribution in [3.05, 3.63) is 58.8 Å². The Balaban J connectivity index is 1.59. The van der Waals surface area contributed by atoms with Gasteiger partial charge < -0.3 is 19.5 Å². The van der Waals surface area contributed by atoms with Crippen molar-refractivity contribution in [1.82, 2.24) is 9.47 Å². The lowest BCUT2D eigenvalue weighted by Crippen LogP contribution is -2.53. The number of esters is 1. The van der Waals surface area contributed by atoms with Crippen LogP contribution in [-0.2, 0) is 16.0 Å². The lowest BCUT2D eigenvalue weighted by Gasteiger charge is -2.55. The monoisotopic (exact) mass is 622 g/mol. The summed E-state index contributed by atoms with van der Waals surface area (Å²) in [5, 5.41) is 13.3. The highest BCUT2D eigenvalue weighted by Gasteiger charge is 2.58. The fourth-order valence-electron chi connectivity index (χ4n) is 6.99. The number of methoxy groups -OCH3 is 2. The van der Waals surface area contributed by atoms with Crippen LogP contribution in [-0.4, -0.2) is 60.4 Å². The number of piperidine rings is 1. The highest BCUT2D eigenvalue weighted by Crippen LogP contribution is 2.61. The first-order valence-corrected chi connectivity index (χ1v) is 15.1. The van der Waals surface area contributed by atoms with Crippen molar-refractivity contribution < 1.29 is 32.6 Å². The van der Waals surface area contributed by atoms with Gasteiger partial charge in [-0.25, -0.2) is 18.4 Å². The van der Waals surface area contributed by atoms with Gasteiger partial charge in [0.15, 0.2) is 0 Å². The highest BCUT2D eigenvalue weighted by atomic mass is 19.3. The van der Waals surface area contributed by atoms with E-state index in [2.05, 4.69) is 16.3 Å². The number of carbonyl (C=O) groups excluding carboxylic acids is 2. The molecule has 5 rings (SSSR count). The maximum Gasteiger partial charge on any atom is 0.419 e. The van der Waals surface area contributed by atoms with Crippen molar-refractivity contribution in [2.45, 2.75) is 77.5 Å². The number of anilines is 1. The van der Waals surface area contributed by atoms with E-state index >= 15 is 0 Å². The van der Waals surface area contributed by atoms with E-state index < -0.39 is 29.0 Å². The minimum Gasteiger partial charge on any atom is -0.496 e. The van der Waals surface area contributed by atoms with E-state index in [-0.39, 0.29) is 25.4 Å². The van der Waals surface area contributed by atoms with Gasteiger partial charge in [0.2, 0.25) is 5.92 Å². The summed E-state index contributed by atoms with van der Waals surface area (Å²) < 4.78 is 46.5. The molecule has 2 aromatic carbocycles. The molecule has 1 saturated carbocycles. The fraction of sp³-hybridized carbons (Fsp3) is 0.500. The van der Waals surface area contributed by atoms with Crippen molar-refractivity contribution >= 4 is 28.7 Å². The summed E-state index contributed by atoms with van der Waals surface area (Å²) in [5.74, 6) is -2.54. The van der Waals surface area contributed by atoms with Gasteiger partial charge in [-0.15, -0.1) is 0 Å². The maximum absolute atomic E-state index is 14.3. The number of likely N-dealkylation sites (tertiary alicyclic amines) is 1. The van der Waals surface area contributed by atoms with Crippen molar-refractivity contribution in [2.24, 2.45) is 5.41 Å². The van der Waals surface area contributed by atoms with Crippen molar-refractivity contribution in [3.63, 3.8) is 0 Å². The molecule has 1 aromatic heterocycles. The number of fused-ring (bicyclic) bond motifs is 1. The molecule has 1 spiro atoms. The van der Waals surface area contributed by atoms with Crippen LogP contribution in [0.15, 0.2) is 36.5 Å². The largest absolute Gasteiger partial charge is 0.496 e.